The number of thiocarbonyl (C=S) groups is 1. The molecule has 0 spiro atoms. The van der Waals surface area contributed by atoms with E-state index < -0.39 is 0 Å². The summed E-state index contributed by atoms with van der Waals surface area (Å²) in [5, 5.41) is 9.51. The van der Waals surface area contributed by atoms with Crippen LogP contribution in [0, 0.1) is 0 Å². The Hall–Kier alpha value is -1.59. The minimum Gasteiger partial charge on any atom is -0.384 e. The number of fused-ring (bicyclic) bond motifs is 1. The second-order valence-corrected chi connectivity index (χ2v) is 6.55. The van der Waals surface area contributed by atoms with E-state index in [0.717, 1.165) is 54.3 Å². The predicted molar refractivity (Wildman–Crippen MR) is 101 cm³/mol. The highest BCUT2D eigenvalue weighted by molar-refractivity contribution is 7.80. The van der Waals surface area contributed by atoms with Crippen LogP contribution in [-0.2, 0) is 0 Å². The van der Waals surface area contributed by atoms with Crippen molar-refractivity contribution in [1.29, 1.82) is 0 Å². The van der Waals surface area contributed by atoms with Crippen LogP contribution >= 0.6 is 23.8 Å². The van der Waals surface area contributed by atoms with Gasteiger partial charge in [0.05, 0.1) is 5.52 Å². The molecule has 0 amide bonds. The second-order valence-electron chi connectivity index (χ2n) is 5.73. The van der Waals surface area contributed by atoms with Gasteiger partial charge in [-0.2, -0.15) is 0 Å². The van der Waals surface area contributed by atoms with Crippen LogP contribution in [0.4, 0.5) is 5.69 Å². The van der Waals surface area contributed by atoms with Gasteiger partial charge in [0.1, 0.15) is 0 Å². The standard InChI is InChI=1S/C17H21ClN4S/c18-13-4-5-14-15(6-9-20-16(14)12-13)19-7-3-8-21-17(23)22-10-1-2-11-22/h4-6,9,12H,1-3,7-8,10-11H2,(H,19,20)(H,21,23). The van der Waals surface area contributed by atoms with E-state index in [1.807, 2.05) is 30.5 Å². The minimum atomic E-state index is 0.710. The van der Waals surface area contributed by atoms with Crippen LogP contribution in [0.3, 0.4) is 0 Å². The van der Waals surface area contributed by atoms with Crippen molar-refractivity contribution in [2.75, 3.05) is 31.5 Å². The summed E-state index contributed by atoms with van der Waals surface area (Å²) in [7, 11) is 0. The van der Waals surface area contributed by atoms with Crippen molar-refractivity contribution in [1.82, 2.24) is 15.2 Å². The molecule has 4 nitrogen and oxygen atoms in total. The molecule has 122 valence electrons. The highest BCUT2D eigenvalue weighted by Gasteiger charge is 2.13. The van der Waals surface area contributed by atoms with Crippen LogP contribution in [0.15, 0.2) is 30.5 Å². The summed E-state index contributed by atoms with van der Waals surface area (Å²) in [6.45, 7) is 3.96. The summed E-state index contributed by atoms with van der Waals surface area (Å²) in [4.78, 5) is 6.61. The fourth-order valence-corrected chi connectivity index (χ4v) is 3.27. The molecule has 0 aliphatic carbocycles. The van der Waals surface area contributed by atoms with E-state index >= 15 is 0 Å². The third-order valence-corrected chi connectivity index (χ3v) is 4.68. The Morgan fingerprint density at radius 1 is 1.22 bits per heavy atom. The lowest BCUT2D eigenvalue weighted by atomic mass is 10.2. The molecule has 1 aromatic carbocycles. The predicted octanol–water partition coefficient (Wildman–Crippen LogP) is 3.66. The van der Waals surface area contributed by atoms with Crippen LogP contribution in [0.1, 0.15) is 19.3 Å². The monoisotopic (exact) mass is 348 g/mol. The van der Waals surface area contributed by atoms with Gasteiger partial charge in [-0.05, 0) is 55.7 Å². The highest BCUT2D eigenvalue weighted by Crippen LogP contribution is 2.24. The van der Waals surface area contributed by atoms with Crippen LogP contribution in [-0.4, -0.2) is 41.2 Å². The van der Waals surface area contributed by atoms with Gasteiger partial charge in [0, 0.05) is 48.5 Å². The number of aromatic nitrogens is 1. The molecule has 0 radical (unpaired) electrons. The molecule has 23 heavy (non-hydrogen) atoms. The molecule has 0 atom stereocenters. The fourth-order valence-electron chi connectivity index (χ4n) is 2.81. The first kappa shape index (κ1) is 16.3. The van der Waals surface area contributed by atoms with Gasteiger partial charge in [-0.3, -0.25) is 4.98 Å². The van der Waals surface area contributed by atoms with Gasteiger partial charge >= 0.3 is 0 Å². The summed E-state index contributed by atoms with van der Waals surface area (Å²) >= 11 is 11.4. The van der Waals surface area contributed by atoms with Gasteiger partial charge in [0.25, 0.3) is 0 Å². The first-order valence-corrected chi connectivity index (χ1v) is 8.83. The largest absolute Gasteiger partial charge is 0.384 e. The molecule has 2 aromatic rings. The Kier molecular flexibility index (Phi) is 5.51. The number of nitrogens with one attached hydrogen (secondary N) is 2. The van der Waals surface area contributed by atoms with Gasteiger partial charge in [-0.1, -0.05) is 11.6 Å². The SMILES string of the molecule is S=C(NCCCNc1ccnc2cc(Cl)ccc12)N1CCCC1. The molecule has 0 bridgehead atoms. The van der Waals surface area contributed by atoms with Crippen molar-refractivity contribution >= 4 is 45.5 Å². The molecule has 1 saturated heterocycles. The lowest BCUT2D eigenvalue weighted by molar-refractivity contribution is 0.506. The number of hydrogen-bond donors (Lipinski definition) is 2. The number of anilines is 1. The van der Waals surface area contributed by atoms with Crippen molar-refractivity contribution in [2.24, 2.45) is 0 Å². The van der Waals surface area contributed by atoms with Gasteiger partial charge in [0.15, 0.2) is 5.11 Å². The smallest absolute Gasteiger partial charge is 0.168 e. The first-order valence-electron chi connectivity index (χ1n) is 8.05. The van der Waals surface area contributed by atoms with Crippen molar-refractivity contribution in [3.05, 3.63) is 35.5 Å². The number of benzene rings is 1. The maximum absolute atomic E-state index is 6.02. The van der Waals surface area contributed by atoms with E-state index in [2.05, 4.69) is 20.5 Å². The minimum absolute atomic E-state index is 0.710. The molecule has 3 rings (SSSR count). The Balaban J connectivity index is 1.46. The number of halogens is 1. The first-order chi connectivity index (χ1) is 11.2. The van der Waals surface area contributed by atoms with Crippen molar-refractivity contribution < 1.29 is 0 Å². The molecule has 6 heteroatoms. The Bertz CT molecular complexity index is 685. The fraction of sp³-hybridized carbons (Fsp3) is 0.412. The van der Waals surface area contributed by atoms with Gasteiger partial charge in [0.2, 0.25) is 0 Å². The van der Waals surface area contributed by atoms with Crippen molar-refractivity contribution in [2.45, 2.75) is 19.3 Å². The van der Waals surface area contributed by atoms with Gasteiger partial charge < -0.3 is 15.5 Å². The van der Waals surface area contributed by atoms with E-state index in [0.29, 0.717) is 5.02 Å². The summed E-state index contributed by atoms with van der Waals surface area (Å²) in [5.74, 6) is 0. The summed E-state index contributed by atoms with van der Waals surface area (Å²) in [6.07, 6.45) is 5.32. The van der Waals surface area contributed by atoms with E-state index in [-0.39, 0.29) is 0 Å². The second kappa shape index (κ2) is 7.79. The average Bonchev–Trinajstić information content (AvgIpc) is 3.08. The number of pyridine rings is 1. The normalized spacial score (nSPS) is 14.2. The maximum atomic E-state index is 6.02. The molecule has 0 unspecified atom stereocenters. The topological polar surface area (TPSA) is 40.2 Å². The lowest BCUT2D eigenvalue weighted by Crippen LogP contribution is -2.38. The molecule has 0 saturated carbocycles. The summed E-state index contributed by atoms with van der Waals surface area (Å²) in [5.41, 5.74) is 2.00. The van der Waals surface area contributed by atoms with Crippen LogP contribution in [0.25, 0.3) is 10.9 Å². The van der Waals surface area contributed by atoms with E-state index in [1.165, 1.54) is 12.8 Å². The van der Waals surface area contributed by atoms with Gasteiger partial charge in [-0.15, -0.1) is 0 Å². The number of likely N-dealkylation sites (tertiary alicyclic amines) is 1. The number of hydrogen-bond acceptors (Lipinski definition) is 3. The molecule has 2 heterocycles. The van der Waals surface area contributed by atoms with Crippen molar-refractivity contribution in [3.8, 4) is 0 Å². The number of rotatable bonds is 5. The quantitative estimate of drug-likeness (QED) is 0.637. The van der Waals surface area contributed by atoms with E-state index in [1.54, 1.807) is 0 Å². The zero-order chi connectivity index (χ0) is 16.1. The van der Waals surface area contributed by atoms with Gasteiger partial charge in [-0.25, -0.2) is 0 Å². The molecular weight excluding hydrogens is 328 g/mol. The maximum Gasteiger partial charge on any atom is 0.168 e. The summed E-state index contributed by atoms with van der Waals surface area (Å²) < 4.78 is 0. The van der Waals surface area contributed by atoms with E-state index in [9.17, 15) is 0 Å². The average molecular weight is 349 g/mol. The zero-order valence-corrected chi connectivity index (χ0v) is 14.6. The lowest BCUT2D eigenvalue weighted by Gasteiger charge is -2.19. The Morgan fingerprint density at radius 3 is 2.87 bits per heavy atom. The van der Waals surface area contributed by atoms with Crippen LogP contribution in [0.2, 0.25) is 5.02 Å². The molecule has 2 N–H and O–H groups in total. The zero-order valence-electron chi connectivity index (χ0n) is 13.0. The van der Waals surface area contributed by atoms with Crippen LogP contribution < -0.4 is 10.6 Å². The molecule has 1 aromatic heterocycles. The van der Waals surface area contributed by atoms with Crippen molar-refractivity contribution in [3.63, 3.8) is 0 Å². The number of nitrogens with zero attached hydrogens (tertiary/aromatic N) is 2. The third kappa shape index (κ3) is 4.24. The van der Waals surface area contributed by atoms with E-state index in [4.69, 9.17) is 23.8 Å². The Labute approximate surface area is 147 Å². The molecule has 1 fully saturated rings. The summed E-state index contributed by atoms with van der Waals surface area (Å²) in [6, 6.07) is 7.79. The highest BCUT2D eigenvalue weighted by atomic mass is 35.5. The van der Waals surface area contributed by atoms with Crippen LogP contribution in [0.5, 0.6) is 0 Å². The molecule has 1 aliphatic heterocycles. The molecular formula is C17H21ClN4S. The third-order valence-electron chi connectivity index (χ3n) is 4.04. The Morgan fingerprint density at radius 2 is 2.04 bits per heavy atom. The molecule has 1 aliphatic rings.